The van der Waals surface area contributed by atoms with Crippen molar-refractivity contribution < 1.29 is 4.74 Å². The van der Waals surface area contributed by atoms with Gasteiger partial charge in [-0.1, -0.05) is 0 Å². The van der Waals surface area contributed by atoms with Crippen molar-refractivity contribution in [1.29, 1.82) is 0 Å². The topological polar surface area (TPSA) is 51.1 Å². The maximum absolute atomic E-state index is 5.16. The monoisotopic (exact) mass is 256 g/mol. The molecule has 2 N–H and O–H groups in total. The molecule has 0 aliphatic carbocycles. The fourth-order valence-electron chi connectivity index (χ4n) is 1.45. The second-order valence-electron chi connectivity index (χ2n) is 3.59. The van der Waals surface area contributed by atoms with Gasteiger partial charge in [-0.05, 0) is 31.6 Å². The van der Waals surface area contributed by atoms with E-state index in [1.54, 1.807) is 13.3 Å². The highest BCUT2D eigenvalue weighted by Gasteiger charge is 2.01. The smallest absolute Gasteiger partial charge is 0.166 e. The molecule has 0 bridgehead atoms. The van der Waals surface area contributed by atoms with E-state index in [1.807, 2.05) is 10.7 Å². The summed E-state index contributed by atoms with van der Waals surface area (Å²) in [4.78, 5) is 0. The molecule has 0 aliphatic heterocycles. The summed E-state index contributed by atoms with van der Waals surface area (Å²) in [6, 6.07) is 1.99. The summed E-state index contributed by atoms with van der Waals surface area (Å²) in [6.45, 7) is 5.21. The average Bonchev–Trinajstić information content (AvgIpc) is 2.79. The summed E-state index contributed by atoms with van der Waals surface area (Å²) in [5.41, 5.74) is 1.13. The summed E-state index contributed by atoms with van der Waals surface area (Å²) in [5.74, 6) is 0. The molecule has 1 aromatic heterocycles. The maximum atomic E-state index is 5.16. The molecule has 17 heavy (non-hydrogen) atoms. The molecule has 0 amide bonds. The standard InChI is InChI=1S/C11H20N4OS/c1-3-15-10(5-7-14-15)9-13-11(17)12-6-4-8-16-2/h5,7H,3-4,6,8-9H2,1-2H3,(H2,12,13,17). The first-order valence-electron chi connectivity index (χ1n) is 5.79. The van der Waals surface area contributed by atoms with E-state index >= 15 is 0 Å². The lowest BCUT2D eigenvalue weighted by molar-refractivity contribution is 0.195. The third-order valence-corrected chi connectivity index (χ3v) is 2.63. The van der Waals surface area contributed by atoms with E-state index in [0.29, 0.717) is 11.7 Å². The van der Waals surface area contributed by atoms with Crippen LogP contribution in [0.3, 0.4) is 0 Å². The van der Waals surface area contributed by atoms with Gasteiger partial charge in [0.1, 0.15) is 0 Å². The van der Waals surface area contributed by atoms with Crippen LogP contribution in [-0.4, -0.2) is 35.2 Å². The zero-order chi connectivity index (χ0) is 12.5. The Morgan fingerprint density at radius 2 is 2.35 bits per heavy atom. The van der Waals surface area contributed by atoms with Crippen molar-refractivity contribution in [3.8, 4) is 0 Å². The van der Waals surface area contributed by atoms with Crippen molar-refractivity contribution in [2.24, 2.45) is 0 Å². The Morgan fingerprint density at radius 3 is 3.06 bits per heavy atom. The van der Waals surface area contributed by atoms with Gasteiger partial charge >= 0.3 is 0 Å². The summed E-state index contributed by atoms with van der Waals surface area (Å²) < 4.78 is 6.90. The molecule has 0 saturated carbocycles. The van der Waals surface area contributed by atoms with Gasteiger partial charge in [0.05, 0.1) is 12.2 Å². The molecule has 0 spiro atoms. The van der Waals surface area contributed by atoms with Gasteiger partial charge in [0, 0.05) is 33.0 Å². The van der Waals surface area contributed by atoms with E-state index in [1.165, 1.54) is 0 Å². The van der Waals surface area contributed by atoms with Gasteiger partial charge in [-0.25, -0.2) is 0 Å². The van der Waals surface area contributed by atoms with E-state index in [9.17, 15) is 0 Å². The molecule has 1 heterocycles. The van der Waals surface area contributed by atoms with E-state index < -0.39 is 0 Å². The van der Waals surface area contributed by atoms with Crippen molar-refractivity contribution >= 4 is 17.3 Å². The van der Waals surface area contributed by atoms with Gasteiger partial charge < -0.3 is 15.4 Å². The van der Waals surface area contributed by atoms with Crippen LogP contribution in [0, 0.1) is 0 Å². The molecule has 5 nitrogen and oxygen atoms in total. The summed E-state index contributed by atoms with van der Waals surface area (Å²) in [5, 5.41) is 11.2. The molecule has 1 rings (SSSR count). The number of rotatable bonds is 7. The van der Waals surface area contributed by atoms with Gasteiger partial charge in [-0.3, -0.25) is 4.68 Å². The second kappa shape index (κ2) is 8.03. The van der Waals surface area contributed by atoms with Gasteiger partial charge in [-0.15, -0.1) is 0 Å². The van der Waals surface area contributed by atoms with E-state index in [-0.39, 0.29) is 0 Å². The number of aromatic nitrogens is 2. The number of methoxy groups -OCH3 is 1. The minimum absolute atomic E-state index is 0.671. The molecule has 96 valence electrons. The van der Waals surface area contributed by atoms with Gasteiger partial charge in [0.15, 0.2) is 5.11 Å². The van der Waals surface area contributed by atoms with Gasteiger partial charge in [0.2, 0.25) is 0 Å². The van der Waals surface area contributed by atoms with Crippen molar-refractivity contribution in [3.05, 3.63) is 18.0 Å². The Morgan fingerprint density at radius 1 is 1.53 bits per heavy atom. The number of nitrogens with zero attached hydrogens (tertiary/aromatic N) is 2. The average molecular weight is 256 g/mol. The van der Waals surface area contributed by atoms with Crippen molar-refractivity contribution in [1.82, 2.24) is 20.4 Å². The molecule has 0 aromatic carbocycles. The SMILES string of the molecule is CCn1nccc1CNC(=S)NCCCOC. The molecular formula is C11H20N4OS. The minimum Gasteiger partial charge on any atom is -0.385 e. The van der Waals surface area contributed by atoms with Crippen LogP contribution in [0.1, 0.15) is 19.0 Å². The fraction of sp³-hybridized carbons (Fsp3) is 0.636. The zero-order valence-corrected chi connectivity index (χ0v) is 11.2. The minimum atomic E-state index is 0.671. The normalized spacial score (nSPS) is 10.2. The quantitative estimate of drug-likeness (QED) is 0.561. The Hall–Kier alpha value is -1.14. The maximum Gasteiger partial charge on any atom is 0.166 e. The largest absolute Gasteiger partial charge is 0.385 e. The fourth-order valence-corrected chi connectivity index (χ4v) is 1.62. The number of aryl methyl sites for hydroxylation is 1. The van der Waals surface area contributed by atoms with Crippen molar-refractivity contribution in [2.75, 3.05) is 20.3 Å². The van der Waals surface area contributed by atoms with Gasteiger partial charge in [0.25, 0.3) is 0 Å². The lowest BCUT2D eigenvalue weighted by Crippen LogP contribution is -2.36. The van der Waals surface area contributed by atoms with E-state index in [4.69, 9.17) is 17.0 Å². The second-order valence-corrected chi connectivity index (χ2v) is 4.00. The number of ether oxygens (including phenoxy) is 1. The highest BCUT2D eigenvalue weighted by Crippen LogP contribution is 1.97. The Kier molecular flexibility index (Phi) is 6.57. The van der Waals surface area contributed by atoms with Crippen molar-refractivity contribution in [3.63, 3.8) is 0 Å². The Balaban J connectivity index is 2.19. The third kappa shape index (κ3) is 5.14. The number of hydrogen-bond acceptors (Lipinski definition) is 3. The molecule has 1 aromatic rings. The highest BCUT2D eigenvalue weighted by molar-refractivity contribution is 7.80. The van der Waals surface area contributed by atoms with Crippen LogP contribution in [0.15, 0.2) is 12.3 Å². The molecule has 0 fully saturated rings. The Bertz CT molecular complexity index is 340. The number of thiocarbonyl (C=S) groups is 1. The van der Waals surface area contributed by atoms with Crippen LogP contribution in [0.4, 0.5) is 0 Å². The van der Waals surface area contributed by atoms with E-state index in [2.05, 4.69) is 22.7 Å². The Labute approximate surface area is 108 Å². The number of hydrogen-bond donors (Lipinski definition) is 2. The van der Waals surface area contributed by atoms with Crippen LogP contribution in [0.25, 0.3) is 0 Å². The summed E-state index contributed by atoms with van der Waals surface area (Å²) >= 11 is 5.16. The zero-order valence-electron chi connectivity index (χ0n) is 10.4. The lowest BCUT2D eigenvalue weighted by Gasteiger charge is -2.10. The molecule has 0 saturated heterocycles. The molecule has 0 aliphatic rings. The van der Waals surface area contributed by atoms with E-state index in [0.717, 1.165) is 31.8 Å². The molecule has 0 atom stereocenters. The molecule has 0 radical (unpaired) electrons. The highest BCUT2D eigenvalue weighted by atomic mass is 32.1. The first-order chi connectivity index (χ1) is 8.27. The van der Waals surface area contributed by atoms with Gasteiger partial charge in [-0.2, -0.15) is 5.10 Å². The number of nitrogens with one attached hydrogen (secondary N) is 2. The lowest BCUT2D eigenvalue weighted by atomic mass is 10.4. The molecular weight excluding hydrogens is 236 g/mol. The predicted octanol–water partition coefficient (Wildman–Crippen LogP) is 0.904. The first kappa shape index (κ1) is 13.9. The molecule has 0 unspecified atom stereocenters. The summed E-state index contributed by atoms with van der Waals surface area (Å²) in [7, 11) is 1.70. The summed E-state index contributed by atoms with van der Waals surface area (Å²) in [6.07, 6.45) is 2.75. The van der Waals surface area contributed by atoms with Crippen LogP contribution in [-0.2, 0) is 17.8 Å². The van der Waals surface area contributed by atoms with Crippen LogP contribution >= 0.6 is 12.2 Å². The third-order valence-electron chi connectivity index (χ3n) is 2.34. The van der Waals surface area contributed by atoms with Crippen LogP contribution in [0.5, 0.6) is 0 Å². The predicted molar refractivity (Wildman–Crippen MR) is 71.8 cm³/mol. The first-order valence-corrected chi connectivity index (χ1v) is 6.20. The van der Waals surface area contributed by atoms with Crippen LogP contribution < -0.4 is 10.6 Å². The van der Waals surface area contributed by atoms with Crippen molar-refractivity contribution in [2.45, 2.75) is 26.4 Å². The van der Waals surface area contributed by atoms with Crippen LogP contribution in [0.2, 0.25) is 0 Å². The molecule has 6 heteroatoms.